The number of aryl methyl sites for hydroxylation is 1. The van der Waals surface area contributed by atoms with Crippen molar-refractivity contribution < 1.29 is 14.3 Å². The first-order chi connectivity index (χ1) is 16.0. The highest BCUT2D eigenvalue weighted by Crippen LogP contribution is 2.25. The highest BCUT2D eigenvalue weighted by atomic mass is 32.1. The van der Waals surface area contributed by atoms with Crippen LogP contribution in [0.1, 0.15) is 29.9 Å². The van der Waals surface area contributed by atoms with E-state index in [0.29, 0.717) is 4.80 Å². The molecule has 0 aliphatic heterocycles. The van der Waals surface area contributed by atoms with Gasteiger partial charge in [0.15, 0.2) is 16.3 Å². The van der Waals surface area contributed by atoms with Gasteiger partial charge in [-0.05, 0) is 38.5 Å². The van der Waals surface area contributed by atoms with Gasteiger partial charge in [0.25, 0.3) is 0 Å². The van der Waals surface area contributed by atoms with E-state index in [2.05, 4.69) is 36.2 Å². The lowest BCUT2D eigenvalue weighted by Gasteiger charge is -2.10. The molecule has 2 aromatic heterocycles. The van der Waals surface area contributed by atoms with Crippen LogP contribution in [-0.2, 0) is 16.1 Å². The second-order valence-corrected chi connectivity index (χ2v) is 8.36. The number of imidazole rings is 1. The molecular weight excluding hydrogens is 436 g/mol. The molecule has 0 unspecified atom stereocenters. The van der Waals surface area contributed by atoms with Crippen molar-refractivity contribution >= 4 is 28.9 Å². The number of esters is 1. The SMILES string of the molecule is CCOC(=O)c1c(N=c2scc(-c3ccc(C)cc3)n2-c2ccccc2)ncn1CC(C)=O. The summed E-state index contributed by atoms with van der Waals surface area (Å²) < 4.78 is 8.74. The molecule has 0 aliphatic carbocycles. The summed E-state index contributed by atoms with van der Waals surface area (Å²) in [6.07, 6.45) is 1.45. The Hall–Kier alpha value is -3.78. The van der Waals surface area contributed by atoms with Crippen LogP contribution in [0.3, 0.4) is 0 Å². The lowest BCUT2D eigenvalue weighted by Crippen LogP contribution is -2.16. The number of nitrogens with zero attached hydrogens (tertiary/aromatic N) is 4. The topological polar surface area (TPSA) is 78.5 Å². The van der Waals surface area contributed by atoms with Crippen LogP contribution in [0.15, 0.2) is 71.3 Å². The number of ketones is 1. The van der Waals surface area contributed by atoms with Crippen LogP contribution in [0, 0.1) is 6.92 Å². The van der Waals surface area contributed by atoms with Crippen molar-refractivity contribution in [1.82, 2.24) is 14.1 Å². The number of rotatable bonds is 7. The van der Waals surface area contributed by atoms with Crippen LogP contribution in [0.4, 0.5) is 5.82 Å². The average Bonchev–Trinajstić information content (AvgIpc) is 3.39. The van der Waals surface area contributed by atoms with Gasteiger partial charge in [-0.3, -0.25) is 9.36 Å². The van der Waals surface area contributed by atoms with Crippen LogP contribution in [0.25, 0.3) is 16.9 Å². The molecule has 0 bridgehead atoms. The Morgan fingerprint density at radius 1 is 1.09 bits per heavy atom. The predicted octanol–water partition coefficient (Wildman–Crippen LogP) is 4.71. The quantitative estimate of drug-likeness (QED) is 0.374. The first-order valence-corrected chi connectivity index (χ1v) is 11.4. The molecule has 4 aromatic rings. The van der Waals surface area contributed by atoms with Crippen molar-refractivity contribution in [1.29, 1.82) is 0 Å². The minimum Gasteiger partial charge on any atom is -0.461 e. The lowest BCUT2D eigenvalue weighted by molar-refractivity contribution is -0.117. The second-order valence-electron chi connectivity index (χ2n) is 7.52. The van der Waals surface area contributed by atoms with E-state index in [4.69, 9.17) is 9.73 Å². The Morgan fingerprint density at radius 2 is 1.82 bits per heavy atom. The Labute approximate surface area is 195 Å². The molecule has 0 spiro atoms. The number of aromatic nitrogens is 3. The van der Waals surface area contributed by atoms with E-state index in [-0.39, 0.29) is 30.4 Å². The molecule has 2 heterocycles. The number of para-hydroxylation sites is 1. The zero-order chi connectivity index (χ0) is 23.4. The molecule has 4 rings (SSSR count). The van der Waals surface area contributed by atoms with Gasteiger partial charge in [0.1, 0.15) is 5.78 Å². The summed E-state index contributed by atoms with van der Waals surface area (Å²) in [6.45, 7) is 5.48. The first-order valence-electron chi connectivity index (χ1n) is 10.6. The maximum Gasteiger partial charge on any atom is 0.358 e. The Kier molecular flexibility index (Phi) is 6.65. The molecule has 33 heavy (non-hydrogen) atoms. The third-order valence-corrected chi connectivity index (χ3v) is 5.78. The molecule has 2 aromatic carbocycles. The van der Waals surface area contributed by atoms with Gasteiger partial charge >= 0.3 is 5.97 Å². The van der Waals surface area contributed by atoms with Gasteiger partial charge in [0.05, 0.1) is 25.2 Å². The van der Waals surface area contributed by atoms with Gasteiger partial charge in [-0.25, -0.2) is 9.78 Å². The largest absolute Gasteiger partial charge is 0.461 e. The van der Waals surface area contributed by atoms with Crippen molar-refractivity contribution in [2.45, 2.75) is 27.3 Å². The number of Topliss-reactive ketones (excluding diaryl/α,β-unsaturated/α-hetero) is 1. The van der Waals surface area contributed by atoms with Crippen molar-refractivity contribution in [3.63, 3.8) is 0 Å². The van der Waals surface area contributed by atoms with Crippen LogP contribution < -0.4 is 4.80 Å². The zero-order valence-corrected chi connectivity index (χ0v) is 19.5. The van der Waals surface area contributed by atoms with Crippen molar-refractivity contribution in [3.8, 4) is 16.9 Å². The fourth-order valence-corrected chi connectivity index (χ4v) is 4.36. The molecule has 0 aliphatic rings. The highest BCUT2D eigenvalue weighted by molar-refractivity contribution is 7.07. The molecule has 7 nitrogen and oxygen atoms in total. The standard InChI is InChI=1S/C25H24N4O3S/c1-4-32-24(31)22-23(26-16-28(22)14-18(3)30)27-25-29(20-8-6-5-7-9-20)21(15-33-25)19-12-10-17(2)11-13-19/h5-13,15-16H,4,14H2,1-3H3. The third-order valence-electron chi connectivity index (χ3n) is 4.95. The van der Waals surface area contributed by atoms with Gasteiger partial charge < -0.3 is 9.30 Å². The minimum atomic E-state index is -0.559. The van der Waals surface area contributed by atoms with E-state index in [0.717, 1.165) is 16.9 Å². The molecule has 0 N–H and O–H groups in total. The second kappa shape index (κ2) is 9.79. The van der Waals surface area contributed by atoms with Crippen LogP contribution in [-0.4, -0.2) is 32.5 Å². The number of ether oxygens (including phenoxy) is 1. The van der Waals surface area contributed by atoms with Crippen molar-refractivity contribution in [2.75, 3.05) is 6.61 Å². The molecule has 0 fully saturated rings. The van der Waals surface area contributed by atoms with Gasteiger partial charge in [-0.1, -0.05) is 48.0 Å². The number of carbonyl (C=O) groups is 2. The highest BCUT2D eigenvalue weighted by Gasteiger charge is 2.21. The summed E-state index contributed by atoms with van der Waals surface area (Å²) in [4.78, 5) is 34.1. The summed E-state index contributed by atoms with van der Waals surface area (Å²) in [6, 6.07) is 18.2. The van der Waals surface area contributed by atoms with Gasteiger partial charge in [0, 0.05) is 11.1 Å². The molecule has 168 valence electrons. The smallest absolute Gasteiger partial charge is 0.358 e. The predicted molar refractivity (Wildman–Crippen MR) is 128 cm³/mol. The monoisotopic (exact) mass is 460 g/mol. The first kappa shape index (κ1) is 22.4. The maximum atomic E-state index is 12.7. The van der Waals surface area contributed by atoms with Gasteiger partial charge in [-0.15, -0.1) is 11.3 Å². The van der Waals surface area contributed by atoms with Crippen LogP contribution in [0.5, 0.6) is 0 Å². The van der Waals surface area contributed by atoms with Gasteiger partial charge in [-0.2, -0.15) is 4.99 Å². The summed E-state index contributed by atoms with van der Waals surface area (Å²) in [5.74, 6) is -0.435. The molecule has 0 atom stereocenters. The average molecular weight is 461 g/mol. The number of thiazole rings is 1. The molecule has 8 heteroatoms. The van der Waals surface area contributed by atoms with Crippen molar-refractivity contribution in [2.24, 2.45) is 4.99 Å². The van der Waals surface area contributed by atoms with E-state index < -0.39 is 5.97 Å². The number of hydrogen-bond donors (Lipinski definition) is 0. The normalized spacial score (nSPS) is 11.5. The molecule has 0 saturated carbocycles. The summed E-state index contributed by atoms with van der Waals surface area (Å²) in [7, 11) is 0. The van der Waals surface area contributed by atoms with E-state index in [1.54, 1.807) is 6.92 Å². The van der Waals surface area contributed by atoms with Crippen LogP contribution >= 0.6 is 11.3 Å². The maximum absolute atomic E-state index is 12.7. The summed E-state index contributed by atoms with van der Waals surface area (Å²) in [5, 5.41) is 2.03. The Bertz CT molecular complexity index is 1350. The molecule has 0 saturated heterocycles. The zero-order valence-electron chi connectivity index (χ0n) is 18.7. The van der Waals surface area contributed by atoms with E-state index in [1.807, 2.05) is 40.3 Å². The fourth-order valence-electron chi connectivity index (χ4n) is 3.45. The van der Waals surface area contributed by atoms with Crippen LogP contribution in [0.2, 0.25) is 0 Å². The number of hydrogen-bond acceptors (Lipinski definition) is 6. The molecular formula is C25H24N4O3S. The Morgan fingerprint density at radius 3 is 2.48 bits per heavy atom. The van der Waals surface area contributed by atoms with E-state index >= 15 is 0 Å². The lowest BCUT2D eigenvalue weighted by atomic mass is 10.1. The summed E-state index contributed by atoms with van der Waals surface area (Å²) >= 11 is 1.45. The minimum absolute atomic E-state index is 0.0222. The summed E-state index contributed by atoms with van der Waals surface area (Å²) in [5.41, 5.74) is 4.31. The third kappa shape index (κ3) is 4.85. The van der Waals surface area contributed by atoms with E-state index in [1.165, 1.54) is 34.7 Å². The number of benzene rings is 2. The Balaban J connectivity index is 1.92. The fraction of sp³-hybridized carbons (Fsp3) is 0.200. The van der Waals surface area contributed by atoms with Crippen molar-refractivity contribution in [3.05, 3.63) is 82.4 Å². The molecule has 0 radical (unpaired) electrons. The van der Waals surface area contributed by atoms with Gasteiger partial charge in [0.2, 0.25) is 0 Å². The molecule has 0 amide bonds. The number of carbonyl (C=O) groups excluding carboxylic acids is 2. The van der Waals surface area contributed by atoms with E-state index in [9.17, 15) is 9.59 Å².